The Kier molecular flexibility index (Phi) is 4.28. The van der Waals surface area contributed by atoms with Gasteiger partial charge >= 0.3 is 5.97 Å². The number of carbonyl (C=O) groups is 1. The summed E-state index contributed by atoms with van der Waals surface area (Å²) in [7, 11) is 0. The fourth-order valence-corrected chi connectivity index (χ4v) is 2.69. The van der Waals surface area contributed by atoms with Crippen LogP contribution in [0.3, 0.4) is 0 Å². The Morgan fingerprint density at radius 2 is 2.07 bits per heavy atom. The van der Waals surface area contributed by atoms with Crippen molar-refractivity contribution in [2.75, 3.05) is 6.61 Å². The molecule has 1 aromatic carbocycles. The Morgan fingerprint density at radius 3 is 2.60 bits per heavy atom. The van der Waals surface area contributed by atoms with Crippen LogP contribution in [0.5, 0.6) is 0 Å². The average Bonchev–Trinajstić information content (AvgIpc) is 2.15. The molecule has 0 amide bonds. The summed E-state index contributed by atoms with van der Waals surface area (Å²) in [4.78, 5) is 11.5. The van der Waals surface area contributed by atoms with Gasteiger partial charge in [-0.15, -0.1) is 0 Å². The van der Waals surface area contributed by atoms with Gasteiger partial charge in [0.15, 0.2) is 0 Å². The lowest BCUT2D eigenvalue weighted by Gasteiger charge is -2.09. The number of benzene rings is 1. The van der Waals surface area contributed by atoms with Gasteiger partial charge in [0.25, 0.3) is 0 Å². The highest BCUT2D eigenvalue weighted by Gasteiger charge is 2.19. The largest absolute Gasteiger partial charge is 0.462 e. The highest BCUT2D eigenvalue weighted by molar-refractivity contribution is 9.11. The smallest absolute Gasteiger partial charge is 0.339 e. The number of esters is 1. The third-order valence-corrected chi connectivity index (χ3v) is 3.09. The molecule has 0 aliphatic carbocycles. The minimum absolute atomic E-state index is 0.234. The summed E-state index contributed by atoms with van der Waals surface area (Å²) in [5.74, 6) is -0.963. The summed E-state index contributed by atoms with van der Waals surface area (Å²) in [5.41, 5.74) is 0.507. The lowest BCUT2D eigenvalue weighted by atomic mass is 10.1. The number of rotatable bonds is 2. The number of hydrogen-bond donors (Lipinski definition) is 0. The Hall–Kier alpha value is -0.420. The second-order valence-electron chi connectivity index (χ2n) is 2.87. The molecule has 0 saturated carbocycles. The summed E-state index contributed by atoms with van der Waals surface area (Å²) in [6.45, 7) is 3.51. The third-order valence-electron chi connectivity index (χ3n) is 1.89. The van der Waals surface area contributed by atoms with Crippen LogP contribution in [-0.2, 0) is 4.74 Å². The van der Waals surface area contributed by atoms with E-state index >= 15 is 0 Å². The molecular weight excluding hydrogens is 331 g/mol. The highest BCUT2D eigenvalue weighted by atomic mass is 79.9. The van der Waals surface area contributed by atoms with Crippen molar-refractivity contribution in [3.63, 3.8) is 0 Å². The first kappa shape index (κ1) is 12.6. The zero-order valence-electron chi connectivity index (χ0n) is 8.23. The van der Waals surface area contributed by atoms with E-state index in [9.17, 15) is 9.18 Å². The summed E-state index contributed by atoms with van der Waals surface area (Å²) in [5, 5.41) is 0. The minimum atomic E-state index is -0.520. The van der Waals surface area contributed by atoms with Crippen LogP contribution in [-0.4, -0.2) is 12.6 Å². The Bertz CT molecular complexity index is 405. The standard InChI is InChI=1S/C10H9Br2FO2/c1-3-15-10(14)8-5(2)9(13)7(12)4-6(8)11/h4H,3H2,1-2H3. The quantitative estimate of drug-likeness (QED) is 0.604. The van der Waals surface area contributed by atoms with Crippen molar-refractivity contribution in [1.29, 1.82) is 0 Å². The van der Waals surface area contributed by atoms with E-state index < -0.39 is 11.8 Å². The van der Waals surface area contributed by atoms with Crippen LogP contribution in [0.4, 0.5) is 4.39 Å². The van der Waals surface area contributed by atoms with E-state index in [2.05, 4.69) is 31.9 Å². The Labute approximate surface area is 104 Å². The van der Waals surface area contributed by atoms with Gasteiger partial charge in [0.05, 0.1) is 16.6 Å². The van der Waals surface area contributed by atoms with E-state index in [-0.39, 0.29) is 17.7 Å². The monoisotopic (exact) mass is 338 g/mol. The van der Waals surface area contributed by atoms with E-state index in [4.69, 9.17) is 4.74 Å². The van der Waals surface area contributed by atoms with Crippen molar-refractivity contribution in [1.82, 2.24) is 0 Å². The predicted molar refractivity (Wildman–Crippen MR) is 62.5 cm³/mol. The van der Waals surface area contributed by atoms with E-state index in [1.807, 2.05) is 0 Å². The molecule has 0 aliphatic rings. The van der Waals surface area contributed by atoms with E-state index in [0.29, 0.717) is 8.95 Å². The van der Waals surface area contributed by atoms with Gasteiger partial charge in [0, 0.05) is 10.0 Å². The number of hydrogen-bond acceptors (Lipinski definition) is 2. The molecule has 82 valence electrons. The van der Waals surface area contributed by atoms with Gasteiger partial charge in [-0.25, -0.2) is 9.18 Å². The predicted octanol–water partition coefficient (Wildman–Crippen LogP) is 3.84. The Balaban J connectivity index is 3.29. The maximum Gasteiger partial charge on any atom is 0.339 e. The van der Waals surface area contributed by atoms with E-state index in [0.717, 1.165) is 0 Å². The molecule has 0 atom stereocenters. The molecule has 0 bridgehead atoms. The first-order valence-corrected chi connectivity index (χ1v) is 5.88. The van der Waals surface area contributed by atoms with Crippen molar-refractivity contribution in [2.24, 2.45) is 0 Å². The number of ether oxygens (including phenoxy) is 1. The van der Waals surface area contributed by atoms with E-state index in [1.54, 1.807) is 6.92 Å². The van der Waals surface area contributed by atoms with Crippen LogP contribution < -0.4 is 0 Å². The van der Waals surface area contributed by atoms with Crippen LogP contribution in [0.2, 0.25) is 0 Å². The molecule has 0 unspecified atom stereocenters. The van der Waals surface area contributed by atoms with Gasteiger partial charge in [-0.05, 0) is 51.8 Å². The third kappa shape index (κ3) is 2.58. The number of halogens is 3. The van der Waals surface area contributed by atoms with Crippen LogP contribution >= 0.6 is 31.9 Å². The first-order valence-electron chi connectivity index (χ1n) is 4.30. The van der Waals surface area contributed by atoms with Crippen molar-refractivity contribution in [3.8, 4) is 0 Å². The van der Waals surface area contributed by atoms with Crippen LogP contribution in [0.15, 0.2) is 15.0 Å². The molecule has 15 heavy (non-hydrogen) atoms. The second kappa shape index (κ2) is 5.07. The lowest BCUT2D eigenvalue weighted by molar-refractivity contribution is 0.0523. The van der Waals surface area contributed by atoms with Gasteiger partial charge < -0.3 is 4.74 Å². The van der Waals surface area contributed by atoms with Gasteiger partial charge in [-0.2, -0.15) is 0 Å². The molecular formula is C10H9Br2FO2. The van der Waals surface area contributed by atoms with Gasteiger partial charge in [-0.1, -0.05) is 0 Å². The maximum atomic E-state index is 13.5. The molecule has 0 aromatic heterocycles. The minimum Gasteiger partial charge on any atom is -0.462 e. The molecule has 0 saturated heterocycles. The summed E-state index contributed by atoms with van der Waals surface area (Å²) in [6.07, 6.45) is 0. The molecule has 0 N–H and O–H groups in total. The lowest BCUT2D eigenvalue weighted by Crippen LogP contribution is -2.09. The first-order chi connectivity index (χ1) is 6.99. The second-order valence-corrected chi connectivity index (χ2v) is 4.58. The number of carbonyl (C=O) groups excluding carboxylic acids is 1. The van der Waals surface area contributed by atoms with Crippen LogP contribution in [0.25, 0.3) is 0 Å². The van der Waals surface area contributed by atoms with Crippen LogP contribution in [0, 0.1) is 12.7 Å². The molecule has 0 fully saturated rings. The van der Waals surface area contributed by atoms with Crippen LogP contribution in [0.1, 0.15) is 22.8 Å². The molecule has 1 aromatic rings. The fourth-order valence-electron chi connectivity index (χ4n) is 1.17. The van der Waals surface area contributed by atoms with Crippen molar-refractivity contribution >= 4 is 37.8 Å². The molecule has 0 spiro atoms. The molecule has 0 aliphatic heterocycles. The summed E-state index contributed by atoms with van der Waals surface area (Å²) >= 11 is 6.27. The van der Waals surface area contributed by atoms with Crippen molar-refractivity contribution < 1.29 is 13.9 Å². The highest BCUT2D eigenvalue weighted by Crippen LogP contribution is 2.29. The zero-order chi connectivity index (χ0) is 11.6. The Morgan fingerprint density at radius 1 is 1.47 bits per heavy atom. The van der Waals surface area contributed by atoms with Gasteiger partial charge in [0.1, 0.15) is 5.82 Å². The molecule has 0 radical (unpaired) electrons. The molecule has 5 heteroatoms. The topological polar surface area (TPSA) is 26.3 Å². The SMILES string of the molecule is CCOC(=O)c1c(Br)cc(Br)c(F)c1C. The van der Waals surface area contributed by atoms with Gasteiger partial charge in [0.2, 0.25) is 0 Å². The van der Waals surface area contributed by atoms with Crippen molar-refractivity contribution in [2.45, 2.75) is 13.8 Å². The molecule has 1 rings (SSSR count). The fraction of sp³-hybridized carbons (Fsp3) is 0.300. The summed E-state index contributed by atoms with van der Waals surface area (Å²) < 4.78 is 19.2. The van der Waals surface area contributed by atoms with Crippen molar-refractivity contribution in [3.05, 3.63) is 32.0 Å². The maximum absolute atomic E-state index is 13.5. The normalized spacial score (nSPS) is 10.2. The van der Waals surface area contributed by atoms with Gasteiger partial charge in [-0.3, -0.25) is 0 Å². The van der Waals surface area contributed by atoms with E-state index in [1.165, 1.54) is 13.0 Å². The zero-order valence-corrected chi connectivity index (χ0v) is 11.4. The average molecular weight is 340 g/mol. The summed E-state index contributed by atoms with van der Waals surface area (Å²) in [6, 6.07) is 1.49. The molecule has 0 heterocycles. The molecule has 2 nitrogen and oxygen atoms in total.